The maximum absolute atomic E-state index is 11.1. The van der Waals surface area contributed by atoms with Crippen LogP contribution in [-0.4, -0.2) is 0 Å². The van der Waals surface area contributed by atoms with E-state index in [1.54, 1.807) is 18.2 Å². The van der Waals surface area contributed by atoms with Gasteiger partial charge in [-0.1, -0.05) is 24.3 Å². The number of para-hydroxylation sites is 1. The fourth-order valence-corrected chi connectivity index (χ4v) is 1.78. The van der Waals surface area contributed by atoms with Crippen molar-refractivity contribution in [1.29, 1.82) is 0 Å². The summed E-state index contributed by atoms with van der Waals surface area (Å²) >= 11 is 0. The first kappa shape index (κ1) is 10.6. The Kier molecular flexibility index (Phi) is 2.57. The second kappa shape index (κ2) is 4.37. The number of hydrogen-bond acceptors (Lipinski definition) is 3. The molecule has 0 unspecified atom stereocenters. The van der Waals surface area contributed by atoms with E-state index >= 15 is 0 Å². The molecule has 0 radical (unpaired) electrons. The van der Waals surface area contributed by atoms with Crippen LogP contribution >= 0.6 is 0 Å². The van der Waals surface area contributed by atoms with E-state index in [2.05, 4.69) is 0 Å². The largest absolute Gasteiger partial charge is 0.457 e. The van der Waals surface area contributed by atoms with E-state index in [4.69, 9.17) is 9.15 Å². The van der Waals surface area contributed by atoms with Gasteiger partial charge in [0.15, 0.2) is 0 Å². The van der Waals surface area contributed by atoms with Crippen molar-refractivity contribution < 1.29 is 9.15 Å². The fourth-order valence-electron chi connectivity index (χ4n) is 1.78. The van der Waals surface area contributed by atoms with Crippen LogP contribution in [0.1, 0.15) is 0 Å². The molecule has 0 atom stereocenters. The first-order valence-electron chi connectivity index (χ1n) is 5.59. The number of hydrogen-bond donors (Lipinski definition) is 0. The molecule has 0 aliphatic rings. The molecule has 0 saturated heterocycles. The highest BCUT2D eigenvalue weighted by Crippen LogP contribution is 2.28. The van der Waals surface area contributed by atoms with Gasteiger partial charge in [0.05, 0.1) is 5.39 Å². The second-order valence-corrected chi connectivity index (χ2v) is 3.84. The van der Waals surface area contributed by atoms with Crippen LogP contribution in [0, 0.1) is 0 Å². The quantitative estimate of drug-likeness (QED) is 0.640. The molecule has 3 heteroatoms. The van der Waals surface area contributed by atoms with E-state index < -0.39 is 0 Å². The predicted octanol–water partition coefficient (Wildman–Crippen LogP) is 3.59. The average molecular weight is 238 g/mol. The van der Waals surface area contributed by atoms with Crippen LogP contribution in [0.5, 0.6) is 11.5 Å². The highest BCUT2D eigenvalue weighted by atomic mass is 16.5. The zero-order valence-corrected chi connectivity index (χ0v) is 9.50. The third-order valence-corrected chi connectivity index (χ3v) is 2.59. The Balaban J connectivity index is 2.10. The molecule has 1 aromatic heterocycles. The van der Waals surface area contributed by atoms with E-state index in [-0.39, 0.29) is 5.63 Å². The van der Waals surface area contributed by atoms with Crippen molar-refractivity contribution in [3.8, 4) is 11.5 Å². The van der Waals surface area contributed by atoms with Gasteiger partial charge in [0, 0.05) is 6.07 Å². The van der Waals surface area contributed by atoms with Gasteiger partial charge < -0.3 is 9.15 Å². The number of ether oxygens (including phenoxy) is 1. The summed E-state index contributed by atoms with van der Waals surface area (Å²) in [6, 6.07) is 18.0. The summed E-state index contributed by atoms with van der Waals surface area (Å²) < 4.78 is 10.9. The van der Waals surface area contributed by atoms with Crippen LogP contribution in [0.4, 0.5) is 0 Å². The maximum atomic E-state index is 11.1. The van der Waals surface area contributed by atoms with Crippen molar-refractivity contribution >= 4 is 11.0 Å². The van der Waals surface area contributed by atoms with Crippen molar-refractivity contribution in [3.05, 3.63) is 71.1 Å². The standard InChI is InChI=1S/C15H10O3/c16-15-10-9-12-13(7-4-8-14(12)18-15)17-11-5-2-1-3-6-11/h1-10H. The summed E-state index contributed by atoms with van der Waals surface area (Å²) in [5, 5.41) is 0.779. The summed E-state index contributed by atoms with van der Waals surface area (Å²) in [6.07, 6.45) is 0. The normalized spacial score (nSPS) is 10.4. The summed E-state index contributed by atoms with van der Waals surface area (Å²) in [7, 11) is 0. The molecule has 0 aliphatic heterocycles. The van der Waals surface area contributed by atoms with Crippen LogP contribution in [0.25, 0.3) is 11.0 Å². The van der Waals surface area contributed by atoms with Crippen LogP contribution in [-0.2, 0) is 0 Å². The van der Waals surface area contributed by atoms with Gasteiger partial charge >= 0.3 is 5.63 Å². The minimum absolute atomic E-state index is 0.362. The Morgan fingerprint density at radius 2 is 1.67 bits per heavy atom. The average Bonchev–Trinajstić information content (AvgIpc) is 2.40. The molecule has 3 aromatic rings. The summed E-state index contributed by atoms with van der Waals surface area (Å²) in [5.74, 6) is 1.42. The maximum Gasteiger partial charge on any atom is 0.336 e. The molecule has 0 aliphatic carbocycles. The van der Waals surface area contributed by atoms with Gasteiger partial charge in [-0.05, 0) is 30.3 Å². The third kappa shape index (κ3) is 1.98. The number of benzene rings is 2. The fraction of sp³-hybridized carbons (Fsp3) is 0. The second-order valence-electron chi connectivity index (χ2n) is 3.84. The molecule has 18 heavy (non-hydrogen) atoms. The predicted molar refractivity (Wildman–Crippen MR) is 69.0 cm³/mol. The van der Waals surface area contributed by atoms with Crippen molar-refractivity contribution in [2.45, 2.75) is 0 Å². The first-order chi connectivity index (χ1) is 8.83. The molecule has 88 valence electrons. The van der Waals surface area contributed by atoms with Crippen molar-refractivity contribution in [2.24, 2.45) is 0 Å². The first-order valence-corrected chi connectivity index (χ1v) is 5.59. The van der Waals surface area contributed by atoms with Gasteiger partial charge in [-0.3, -0.25) is 0 Å². The number of rotatable bonds is 2. The van der Waals surface area contributed by atoms with Crippen molar-refractivity contribution in [1.82, 2.24) is 0 Å². The summed E-state index contributed by atoms with van der Waals surface area (Å²) in [6.45, 7) is 0. The lowest BCUT2D eigenvalue weighted by Gasteiger charge is -2.07. The van der Waals surface area contributed by atoms with Crippen LogP contribution in [0.3, 0.4) is 0 Å². The minimum atomic E-state index is -0.362. The summed E-state index contributed by atoms with van der Waals surface area (Å²) in [4.78, 5) is 11.1. The minimum Gasteiger partial charge on any atom is -0.457 e. The van der Waals surface area contributed by atoms with Crippen LogP contribution < -0.4 is 10.4 Å². The molecule has 0 N–H and O–H groups in total. The SMILES string of the molecule is O=c1ccc2c(Oc3ccccc3)cccc2o1. The molecular formula is C15H10O3. The Bertz CT molecular complexity index is 729. The van der Waals surface area contributed by atoms with Crippen molar-refractivity contribution in [3.63, 3.8) is 0 Å². The lowest BCUT2D eigenvalue weighted by molar-refractivity contribution is 0.485. The third-order valence-electron chi connectivity index (χ3n) is 2.59. The lowest BCUT2D eigenvalue weighted by Crippen LogP contribution is -1.95. The number of fused-ring (bicyclic) bond motifs is 1. The van der Waals surface area contributed by atoms with E-state index in [1.165, 1.54) is 6.07 Å². The highest BCUT2D eigenvalue weighted by molar-refractivity contribution is 5.83. The van der Waals surface area contributed by atoms with E-state index in [0.29, 0.717) is 11.3 Å². The van der Waals surface area contributed by atoms with Crippen LogP contribution in [0.15, 0.2) is 69.9 Å². The topological polar surface area (TPSA) is 39.4 Å². The van der Waals surface area contributed by atoms with Gasteiger partial charge in [0.1, 0.15) is 17.1 Å². The zero-order chi connectivity index (χ0) is 12.4. The molecular weight excluding hydrogens is 228 g/mol. The van der Waals surface area contributed by atoms with Gasteiger partial charge in [-0.15, -0.1) is 0 Å². The smallest absolute Gasteiger partial charge is 0.336 e. The molecule has 1 heterocycles. The highest BCUT2D eigenvalue weighted by Gasteiger charge is 2.04. The summed E-state index contributed by atoms with van der Waals surface area (Å²) in [5.41, 5.74) is 0.162. The molecule has 0 saturated carbocycles. The van der Waals surface area contributed by atoms with Crippen molar-refractivity contribution in [2.75, 3.05) is 0 Å². The van der Waals surface area contributed by atoms with Gasteiger partial charge in [0.2, 0.25) is 0 Å². The molecule has 0 amide bonds. The zero-order valence-electron chi connectivity index (χ0n) is 9.50. The molecule has 0 fully saturated rings. The molecule has 3 nitrogen and oxygen atoms in total. The van der Waals surface area contributed by atoms with E-state index in [9.17, 15) is 4.79 Å². The van der Waals surface area contributed by atoms with Gasteiger partial charge in [-0.2, -0.15) is 0 Å². The molecule has 0 bridgehead atoms. The van der Waals surface area contributed by atoms with E-state index in [0.717, 1.165) is 11.1 Å². The molecule has 3 rings (SSSR count). The molecule has 0 spiro atoms. The monoisotopic (exact) mass is 238 g/mol. The van der Waals surface area contributed by atoms with Gasteiger partial charge in [0.25, 0.3) is 0 Å². The Morgan fingerprint density at radius 1 is 0.833 bits per heavy atom. The Hall–Kier alpha value is -2.55. The lowest BCUT2D eigenvalue weighted by atomic mass is 10.2. The Morgan fingerprint density at radius 3 is 2.50 bits per heavy atom. The van der Waals surface area contributed by atoms with Crippen LogP contribution in [0.2, 0.25) is 0 Å². The molecule has 2 aromatic carbocycles. The van der Waals surface area contributed by atoms with Gasteiger partial charge in [-0.25, -0.2) is 4.79 Å². The Labute approximate surface area is 103 Å². The van der Waals surface area contributed by atoms with E-state index in [1.807, 2.05) is 36.4 Å².